The van der Waals surface area contributed by atoms with Crippen LogP contribution in [-0.2, 0) is 0 Å². The van der Waals surface area contributed by atoms with Gasteiger partial charge in [-0.05, 0) is 37.4 Å². The molecule has 4 rings (SSSR count). The standard InChI is InChI=1S/C15H20N2O2/c18-11-3-4-12-14(9-19-15(12)6-11)17-7-10-2-1-5-16-13(10)8-17/h3-4,6,10,13-14,16,18H,1-2,5,7-9H2. The number of phenolic OH excluding ortho intramolecular Hbond substituents is 1. The zero-order valence-corrected chi connectivity index (χ0v) is 11.0. The van der Waals surface area contributed by atoms with Crippen molar-refractivity contribution in [1.82, 2.24) is 10.2 Å². The molecule has 102 valence electrons. The van der Waals surface area contributed by atoms with E-state index in [4.69, 9.17) is 4.74 Å². The van der Waals surface area contributed by atoms with Crippen molar-refractivity contribution in [3.63, 3.8) is 0 Å². The summed E-state index contributed by atoms with van der Waals surface area (Å²) in [6.07, 6.45) is 2.66. The Kier molecular flexibility index (Phi) is 2.67. The van der Waals surface area contributed by atoms with Gasteiger partial charge in [0, 0.05) is 30.8 Å². The number of hydrogen-bond acceptors (Lipinski definition) is 4. The number of fused-ring (bicyclic) bond motifs is 2. The first-order valence-electron chi connectivity index (χ1n) is 7.24. The highest BCUT2D eigenvalue weighted by molar-refractivity contribution is 5.44. The largest absolute Gasteiger partial charge is 0.508 e. The van der Waals surface area contributed by atoms with Crippen LogP contribution < -0.4 is 10.1 Å². The van der Waals surface area contributed by atoms with Crippen LogP contribution in [0.5, 0.6) is 11.5 Å². The lowest BCUT2D eigenvalue weighted by molar-refractivity contribution is 0.188. The molecule has 1 aromatic carbocycles. The molecule has 2 N–H and O–H groups in total. The zero-order chi connectivity index (χ0) is 12.8. The number of nitrogens with one attached hydrogen (secondary N) is 1. The number of piperidine rings is 1. The molecule has 3 aliphatic heterocycles. The molecular formula is C15H20N2O2. The van der Waals surface area contributed by atoms with Crippen molar-refractivity contribution in [2.24, 2.45) is 5.92 Å². The van der Waals surface area contributed by atoms with E-state index in [0.717, 1.165) is 24.8 Å². The monoisotopic (exact) mass is 260 g/mol. The van der Waals surface area contributed by atoms with Crippen molar-refractivity contribution in [1.29, 1.82) is 0 Å². The van der Waals surface area contributed by atoms with Gasteiger partial charge in [-0.1, -0.05) is 0 Å². The highest BCUT2D eigenvalue weighted by atomic mass is 16.5. The molecule has 3 atom stereocenters. The summed E-state index contributed by atoms with van der Waals surface area (Å²) < 4.78 is 5.74. The second-order valence-corrected chi connectivity index (χ2v) is 5.97. The van der Waals surface area contributed by atoms with Crippen molar-refractivity contribution in [2.45, 2.75) is 24.9 Å². The van der Waals surface area contributed by atoms with Gasteiger partial charge in [0.2, 0.25) is 0 Å². The summed E-state index contributed by atoms with van der Waals surface area (Å²) in [5.74, 6) is 1.94. The van der Waals surface area contributed by atoms with Gasteiger partial charge in [-0.3, -0.25) is 4.90 Å². The zero-order valence-electron chi connectivity index (χ0n) is 11.0. The summed E-state index contributed by atoms with van der Waals surface area (Å²) >= 11 is 0. The van der Waals surface area contributed by atoms with Gasteiger partial charge >= 0.3 is 0 Å². The van der Waals surface area contributed by atoms with Crippen molar-refractivity contribution in [3.8, 4) is 11.5 Å². The third-order valence-electron chi connectivity index (χ3n) is 4.82. The van der Waals surface area contributed by atoms with Gasteiger partial charge in [-0.15, -0.1) is 0 Å². The molecule has 3 aliphatic rings. The average molecular weight is 260 g/mol. The number of hydrogen-bond donors (Lipinski definition) is 2. The quantitative estimate of drug-likeness (QED) is 0.803. The topological polar surface area (TPSA) is 44.7 Å². The first-order chi connectivity index (χ1) is 9.31. The fraction of sp³-hybridized carbons (Fsp3) is 0.600. The minimum absolute atomic E-state index is 0.288. The Morgan fingerprint density at radius 3 is 3.16 bits per heavy atom. The van der Waals surface area contributed by atoms with Gasteiger partial charge in [0.1, 0.15) is 18.1 Å². The predicted octanol–water partition coefficient (Wildman–Crippen LogP) is 1.51. The summed E-state index contributed by atoms with van der Waals surface area (Å²) in [7, 11) is 0. The van der Waals surface area contributed by atoms with Gasteiger partial charge in [-0.2, -0.15) is 0 Å². The number of benzene rings is 1. The number of phenols is 1. The van der Waals surface area contributed by atoms with Crippen molar-refractivity contribution in [3.05, 3.63) is 23.8 Å². The summed E-state index contributed by atoms with van der Waals surface area (Å²) in [5.41, 5.74) is 1.23. The average Bonchev–Trinajstić information content (AvgIpc) is 3.00. The minimum Gasteiger partial charge on any atom is -0.508 e. The van der Waals surface area contributed by atoms with E-state index >= 15 is 0 Å². The van der Waals surface area contributed by atoms with Crippen molar-refractivity contribution >= 4 is 0 Å². The molecule has 0 bridgehead atoms. The van der Waals surface area contributed by atoms with E-state index < -0.39 is 0 Å². The molecule has 4 heteroatoms. The van der Waals surface area contributed by atoms with Crippen LogP contribution in [0, 0.1) is 5.92 Å². The first kappa shape index (κ1) is 11.6. The molecular weight excluding hydrogens is 240 g/mol. The Bertz CT molecular complexity index is 477. The molecule has 0 saturated carbocycles. The highest BCUT2D eigenvalue weighted by Crippen LogP contribution is 2.40. The molecule has 19 heavy (non-hydrogen) atoms. The molecule has 1 aromatic rings. The van der Waals surface area contributed by atoms with Crippen LogP contribution in [0.2, 0.25) is 0 Å². The Balaban J connectivity index is 1.56. The number of rotatable bonds is 1. The van der Waals surface area contributed by atoms with Gasteiger partial charge in [0.25, 0.3) is 0 Å². The normalized spacial score (nSPS) is 33.8. The maximum atomic E-state index is 9.51. The van der Waals surface area contributed by atoms with E-state index in [0.29, 0.717) is 12.1 Å². The molecule has 2 saturated heterocycles. The maximum absolute atomic E-state index is 9.51. The van der Waals surface area contributed by atoms with E-state index in [1.807, 2.05) is 6.07 Å². The van der Waals surface area contributed by atoms with Crippen LogP contribution in [-0.4, -0.2) is 42.3 Å². The van der Waals surface area contributed by atoms with E-state index in [1.165, 1.54) is 31.5 Å². The maximum Gasteiger partial charge on any atom is 0.127 e. The summed E-state index contributed by atoms with van der Waals surface area (Å²) in [5, 5.41) is 13.2. The number of nitrogens with zero attached hydrogens (tertiary/aromatic N) is 1. The number of aromatic hydroxyl groups is 1. The molecule has 3 unspecified atom stereocenters. The Labute approximate surface area is 113 Å². The van der Waals surface area contributed by atoms with E-state index in [2.05, 4.69) is 10.2 Å². The van der Waals surface area contributed by atoms with Crippen molar-refractivity contribution in [2.75, 3.05) is 26.2 Å². The summed E-state index contributed by atoms with van der Waals surface area (Å²) in [4.78, 5) is 2.55. The summed E-state index contributed by atoms with van der Waals surface area (Å²) in [6, 6.07) is 6.54. The van der Waals surface area contributed by atoms with E-state index in [1.54, 1.807) is 12.1 Å². The van der Waals surface area contributed by atoms with Crippen LogP contribution in [0.3, 0.4) is 0 Å². The van der Waals surface area contributed by atoms with Crippen LogP contribution in [0.4, 0.5) is 0 Å². The van der Waals surface area contributed by atoms with E-state index in [-0.39, 0.29) is 5.75 Å². The third kappa shape index (κ3) is 1.90. The molecule has 3 heterocycles. The van der Waals surface area contributed by atoms with Crippen LogP contribution in [0.15, 0.2) is 18.2 Å². The Morgan fingerprint density at radius 1 is 1.32 bits per heavy atom. The minimum atomic E-state index is 0.288. The van der Waals surface area contributed by atoms with Crippen molar-refractivity contribution < 1.29 is 9.84 Å². The number of ether oxygens (including phenoxy) is 1. The Hall–Kier alpha value is -1.26. The molecule has 0 aliphatic carbocycles. The van der Waals surface area contributed by atoms with Gasteiger partial charge in [0.05, 0.1) is 6.04 Å². The lowest BCUT2D eigenvalue weighted by Gasteiger charge is -2.24. The fourth-order valence-corrected chi connectivity index (χ4v) is 3.82. The molecule has 0 aromatic heterocycles. The van der Waals surface area contributed by atoms with Crippen LogP contribution >= 0.6 is 0 Å². The number of likely N-dealkylation sites (tertiary alicyclic amines) is 1. The Morgan fingerprint density at radius 2 is 2.26 bits per heavy atom. The lowest BCUT2D eigenvalue weighted by Crippen LogP contribution is -2.40. The second kappa shape index (κ2) is 4.39. The third-order valence-corrected chi connectivity index (χ3v) is 4.82. The summed E-state index contributed by atoms with van der Waals surface area (Å²) in [6.45, 7) is 4.18. The van der Waals surface area contributed by atoms with Gasteiger partial charge < -0.3 is 15.2 Å². The predicted molar refractivity (Wildman–Crippen MR) is 72.4 cm³/mol. The van der Waals surface area contributed by atoms with Gasteiger partial charge in [-0.25, -0.2) is 0 Å². The molecule has 0 spiro atoms. The van der Waals surface area contributed by atoms with Gasteiger partial charge in [0.15, 0.2) is 0 Å². The smallest absolute Gasteiger partial charge is 0.127 e. The fourth-order valence-electron chi connectivity index (χ4n) is 3.82. The molecule has 2 fully saturated rings. The molecule has 0 radical (unpaired) electrons. The second-order valence-electron chi connectivity index (χ2n) is 5.97. The first-order valence-corrected chi connectivity index (χ1v) is 7.24. The van der Waals surface area contributed by atoms with E-state index in [9.17, 15) is 5.11 Å². The molecule has 0 amide bonds. The highest BCUT2D eigenvalue weighted by Gasteiger charge is 2.40. The van der Waals surface area contributed by atoms with Crippen LogP contribution in [0.1, 0.15) is 24.4 Å². The molecule has 4 nitrogen and oxygen atoms in total. The lowest BCUT2D eigenvalue weighted by atomic mass is 9.94. The SMILES string of the molecule is Oc1ccc2c(c1)OCC2N1CC2CCCNC2C1. The van der Waals surface area contributed by atoms with Crippen LogP contribution in [0.25, 0.3) is 0 Å².